The molecule has 1 aliphatic heterocycles. The zero-order valence-electron chi connectivity index (χ0n) is 9.37. The SMILES string of the molecule is Cl.N#CC1(N2CCCCC2)CCCCC1. The first-order chi connectivity index (χ1) is 6.87. The number of nitriles is 1. The summed E-state index contributed by atoms with van der Waals surface area (Å²) < 4.78 is 0. The maximum absolute atomic E-state index is 9.40. The Bertz CT molecular complexity index is 222. The van der Waals surface area contributed by atoms with E-state index in [-0.39, 0.29) is 17.9 Å². The summed E-state index contributed by atoms with van der Waals surface area (Å²) >= 11 is 0. The second-order valence-corrected chi connectivity index (χ2v) is 4.75. The fourth-order valence-corrected chi connectivity index (χ4v) is 2.96. The fraction of sp³-hybridized carbons (Fsp3) is 0.917. The van der Waals surface area contributed by atoms with E-state index in [1.807, 2.05) is 0 Å². The van der Waals surface area contributed by atoms with Gasteiger partial charge in [-0.05, 0) is 38.8 Å². The van der Waals surface area contributed by atoms with Gasteiger partial charge in [0.25, 0.3) is 0 Å². The molecule has 0 bridgehead atoms. The molecule has 1 saturated carbocycles. The molecule has 2 rings (SSSR count). The zero-order chi connectivity index (χ0) is 9.86. The molecule has 0 N–H and O–H groups in total. The van der Waals surface area contributed by atoms with Crippen LogP contribution >= 0.6 is 12.4 Å². The second kappa shape index (κ2) is 5.72. The molecule has 0 aromatic carbocycles. The largest absolute Gasteiger partial charge is 0.286 e. The van der Waals surface area contributed by atoms with Crippen molar-refractivity contribution in [3.8, 4) is 6.07 Å². The van der Waals surface area contributed by atoms with Crippen LogP contribution in [0.15, 0.2) is 0 Å². The van der Waals surface area contributed by atoms with E-state index in [1.165, 1.54) is 38.5 Å². The van der Waals surface area contributed by atoms with E-state index in [4.69, 9.17) is 0 Å². The summed E-state index contributed by atoms with van der Waals surface area (Å²) in [5.41, 5.74) is -0.0708. The summed E-state index contributed by atoms with van der Waals surface area (Å²) in [5, 5.41) is 9.40. The van der Waals surface area contributed by atoms with Crippen LogP contribution < -0.4 is 0 Å². The predicted molar refractivity (Wildman–Crippen MR) is 64.1 cm³/mol. The van der Waals surface area contributed by atoms with Gasteiger partial charge in [0, 0.05) is 0 Å². The van der Waals surface area contributed by atoms with Gasteiger partial charge in [0.2, 0.25) is 0 Å². The highest BCUT2D eigenvalue weighted by molar-refractivity contribution is 5.85. The number of nitrogens with zero attached hydrogens (tertiary/aromatic N) is 2. The fourth-order valence-electron chi connectivity index (χ4n) is 2.96. The summed E-state index contributed by atoms with van der Waals surface area (Å²) in [4.78, 5) is 2.47. The van der Waals surface area contributed by atoms with Crippen molar-refractivity contribution in [2.24, 2.45) is 0 Å². The van der Waals surface area contributed by atoms with E-state index in [1.54, 1.807) is 0 Å². The van der Waals surface area contributed by atoms with Gasteiger partial charge in [-0.15, -0.1) is 12.4 Å². The normalized spacial score (nSPS) is 26.3. The highest BCUT2D eigenvalue weighted by Crippen LogP contribution is 2.34. The van der Waals surface area contributed by atoms with Crippen LogP contribution in [-0.4, -0.2) is 23.5 Å². The molecule has 0 aromatic rings. The van der Waals surface area contributed by atoms with Crippen molar-refractivity contribution in [2.45, 2.75) is 56.9 Å². The summed E-state index contributed by atoms with van der Waals surface area (Å²) in [6.07, 6.45) is 10.0. The third kappa shape index (κ3) is 2.65. The van der Waals surface area contributed by atoms with Gasteiger partial charge in [0.15, 0.2) is 0 Å². The summed E-state index contributed by atoms with van der Waals surface area (Å²) in [6.45, 7) is 2.32. The van der Waals surface area contributed by atoms with Crippen molar-refractivity contribution in [2.75, 3.05) is 13.1 Å². The summed E-state index contributed by atoms with van der Waals surface area (Å²) in [6, 6.07) is 2.61. The Labute approximate surface area is 99.0 Å². The number of hydrogen-bond acceptors (Lipinski definition) is 2. The lowest BCUT2D eigenvalue weighted by Crippen LogP contribution is -2.51. The van der Waals surface area contributed by atoms with E-state index in [0.717, 1.165) is 25.9 Å². The molecule has 0 aromatic heterocycles. The molecule has 1 saturated heterocycles. The molecule has 86 valence electrons. The van der Waals surface area contributed by atoms with Crippen LogP contribution in [0.4, 0.5) is 0 Å². The molecule has 2 nitrogen and oxygen atoms in total. The Balaban J connectivity index is 0.00000112. The van der Waals surface area contributed by atoms with Crippen molar-refractivity contribution < 1.29 is 0 Å². The standard InChI is InChI=1S/C12H20N2.ClH/c13-11-12(7-3-1-4-8-12)14-9-5-2-6-10-14;/h1-10H2;1H. The number of halogens is 1. The van der Waals surface area contributed by atoms with Crippen LogP contribution in [0.25, 0.3) is 0 Å². The molecular weight excluding hydrogens is 208 g/mol. The minimum atomic E-state index is -0.0708. The monoisotopic (exact) mass is 228 g/mol. The Kier molecular flexibility index (Phi) is 4.89. The molecule has 1 aliphatic carbocycles. The quantitative estimate of drug-likeness (QED) is 0.690. The maximum Gasteiger partial charge on any atom is 0.109 e. The highest BCUT2D eigenvalue weighted by atomic mass is 35.5. The van der Waals surface area contributed by atoms with Crippen LogP contribution in [0.3, 0.4) is 0 Å². The van der Waals surface area contributed by atoms with Crippen LogP contribution in [-0.2, 0) is 0 Å². The molecule has 0 amide bonds. The number of likely N-dealkylation sites (tertiary alicyclic amines) is 1. The van der Waals surface area contributed by atoms with E-state index >= 15 is 0 Å². The van der Waals surface area contributed by atoms with Crippen LogP contribution in [0.1, 0.15) is 51.4 Å². The van der Waals surface area contributed by atoms with Gasteiger partial charge < -0.3 is 0 Å². The van der Waals surface area contributed by atoms with Crippen molar-refractivity contribution >= 4 is 12.4 Å². The molecule has 0 spiro atoms. The third-order valence-corrected chi connectivity index (χ3v) is 3.85. The first-order valence-electron chi connectivity index (χ1n) is 6.04. The smallest absolute Gasteiger partial charge is 0.109 e. The third-order valence-electron chi connectivity index (χ3n) is 3.85. The van der Waals surface area contributed by atoms with E-state index in [0.29, 0.717) is 0 Å². The second-order valence-electron chi connectivity index (χ2n) is 4.75. The van der Waals surface area contributed by atoms with Crippen LogP contribution in [0.5, 0.6) is 0 Å². The van der Waals surface area contributed by atoms with Gasteiger partial charge in [-0.2, -0.15) is 5.26 Å². The lowest BCUT2D eigenvalue weighted by atomic mass is 9.80. The van der Waals surface area contributed by atoms with Crippen molar-refractivity contribution in [3.63, 3.8) is 0 Å². The van der Waals surface area contributed by atoms with Crippen molar-refractivity contribution in [3.05, 3.63) is 0 Å². The number of piperidine rings is 1. The molecule has 0 atom stereocenters. The molecule has 2 fully saturated rings. The molecule has 3 heteroatoms. The zero-order valence-corrected chi connectivity index (χ0v) is 10.2. The number of hydrogen-bond donors (Lipinski definition) is 0. The van der Waals surface area contributed by atoms with E-state index < -0.39 is 0 Å². The van der Waals surface area contributed by atoms with Crippen LogP contribution in [0, 0.1) is 11.3 Å². The van der Waals surface area contributed by atoms with Crippen molar-refractivity contribution in [1.29, 1.82) is 5.26 Å². The van der Waals surface area contributed by atoms with E-state index in [2.05, 4.69) is 11.0 Å². The Hall–Kier alpha value is -0.260. The minimum absolute atomic E-state index is 0. The minimum Gasteiger partial charge on any atom is -0.286 e. The molecule has 0 unspecified atom stereocenters. The Morgan fingerprint density at radius 1 is 0.867 bits per heavy atom. The molecule has 0 radical (unpaired) electrons. The molecular formula is C12H21ClN2. The average Bonchev–Trinajstić information content (AvgIpc) is 2.31. The summed E-state index contributed by atoms with van der Waals surface area (Å²) in [5.74, 6) is 0. The van der Waals surface area contributed by atoms with Gasteiger partial charge >= 0.3 is 0 Å². The van der Waals surface area contributed by atoms with E-state index in [9.17, 15) is 5.26 Å². The van der Waals surface area contributed by atoms with Gasteiger partial charge in [-0.3, -0.25) is 4.90 Å². The van der Waals surface area contributed by atoms with Gasteiger partial charge in [-0.1, -0.05) is 25.7 Å². The topological polar surface area (TPSA) is 27.0 Å². The van der Waals surface area contributed by atoms with Crippen LogP contribution in [0.2, 0.25) is 0 Å². The first kappa shape index (κ1) is 12.8. The molecule has 2 aliphatic rings. The van der Waals surface area contributed by atoms with Gasteiger partial charge in [-0.25, -0.2) is 0 Å². The first-order valence-corrected chi connectivity index (χ1v) is 6.04. The Morgan fingerprint density at radius 2 is 1.40 bits per heavy atom. The van der Waals surface area contributed by atoms with Crippen molar-refractivity contribution in [1.82, 2.24) is 4.90 Å². The highest BCUT2D eigenvalue weighted by Gasteiger charge is 2.38. The molecule has 1 heterocycles. The lowest BCUT2D eigenvalue weighted by molar-refractivity contribution is 0.0776. The Morgan fingerprint density at radius 3 is 1.93 bits per heavy atom. The lowest BCUT2D eigenvalue weighted by Gasteiger charge is -2.43. The molecule has 15 heavy (non-hydrogen) atoms. The van der Waals surface area contributed by atoms with Gasteiger partial charge in [0.05, 0.1) is 6.07 Å². The average molecular weight is 229 g/mol. The van der Waals surface area contributed by atoms with Gasteiger partial charge in [0.1, 0.15) is 5.54 Å². The number of rotatable bonds is 1. The predicted octanol–water partition coefficient (Wildman–Crippen LogP) is 3.12. The maximum atomic E-state index is 9.40. The summed E-state index contributed by atoms with van der Waals surface area (Å²) in [7, 11) is 0.